The lowest BCUT2D eigenvalue weighted by atomic mass is 10.1. The topological polar surface area (TPSA) is 24.9 Å². The zero-order chi connectivity index (χ0) is 11.3. The van der Waals surface area contributed by atoms with Gasteiger partial charge >= 0.3 is 0 Å². The Morgan fingerprint density at radius 1 is 1.27 bits per heavy atom. The van der Waals surface area contributed by atoms with Crippen molar-refractivity contribution in [2.45, 2.75) is 53.0 Å². The SMILES string of the molecule is CCCC(CC)Nc1ccc(C)nc1C. The van der Waals surface area contributed by atoms with E-state index in [2.05, 4.69) is 43.2 Å². The van der Waals surface area contributed by atoms with Gasteiger partial charge < -0.3 is 5.32 Å². The standard InChI is InChI=1S/C13H22N2/c1-5-7-12(6-2)15-13-9-8-10(3)14-11(13)4/h8-9,12,15H,5-7H2,1-4H3. The Bertz CT molecular complexity index is 307. The Hall–Kier alpha value is -1.05. The Balaban J connectivity index is 2.70. The van der Waals surface area contributed by atoms with Crippen molar-refractivity contribution in [1.82, 2.24) is 4.98 Å². The number of pyridine rings is 1. The van der Waals surface area contributed by atoms with Crippen LogP contribution in [0.2, 0.25) is 0 Å². The second-order valence-electron chi connectivity index (χ2n) is 4.12. The minimum absolute atomic E-state index is 0.582. The first-order valence-electron chi connectivity index (χ1n) is 5.88. The van der Waals surface area contributed by atoms with Gasteiger partial charge in [-0.15, -0.1) is 0 Å². The first-order valence-corrected chi connectivity index (χ1v) is 5.88. The predicted octanol–water partition coefficient (Wildman–Crippen LogP) is 3.69. The largest absolute Gasteiger partial charge is 0.381 e. The van der Waals surface area contributed by atoms with Crippen molar-refractivity contribution in [3.63, 3.8) is 0 Å². The third-order valence-electron chi connectivity index (χ3n) is 2.71. The van der Waals surface area contributed by atoms with Crippen LogP contribution in [0.3, 0.4) is 0 Å². The highest BCUT2D eigenvalue weighted by atomic mass is 14.9. The van der Waals surface area contributed by atoms with Gasteiger partial charge in [0.25, 0.3) is 0 Å². The predicted molar refractivity (Wildman–Crippen MR) is 66.3 cm³/mol. The Morgan fingerprint density at radius 2 is 2.00 bits per heavy atom. The molecule has 84 valence electrons. The summed E-state index contributed by atoms with van der Waals surface area (Å²) in [5.74, 6) is 0. The zero-order valence-electron chi connectivity index (χ0n) is 10.3. The molecule has 0 saturated carbocycles. The molecule has 1 aromatic rings. The third-order valence-corrected chi connectivity index (χ3v) is 2.71. The minimum atomic E-state index is 0.582. The van der Waals surface area contributed by atoms with Crippen molar-refractivity contribution in [3.05, 3.63) is 23.5 Å². The molecule has 0 bridgehead atoms. The molecular weight excluding hydrogens is 184 g/mol. The van der Waals surface area contributed by atoms with E-state index in [1.165, 1.54) is 24.9 Å². The monoisotopic (exact) mass is 206 g/mol. The lowest BCUT2D eigenvalue weighted by Crippen LogP contribution is -2.18. The molecule has 2 heteroatoms. The van der Waals surface area contributed by atoms with Gasteiger partial charge in [0.2, 0.25) is 0 Å². The van der Waals surface area contributed by atoms with Crippen molar-refractivity contribution < 1.29 is 0 Å². The van der Waals surface area contributed by atoms with Crippen LogP contribution in [0.25, 0.3) is 0 Å². The van der Waals surface area contributed by atoms with Gasteiger partial charge in [-0.2, -0.15) is 0 Å². The van der Waals surface area contributed by atoms with Gasteiger partial charge in [0.15, 0.2) is 0 Å². The number of anilines is 1. The van der Waals surface area contributed by atoms with Crippen molar-refractivity contribution in [3.8, 4) is 0 Å². The van der Waals surface area contributed by atoms with Crippen molar-refractivity contribution in [2.24, 2.45) is 0 Å². The van der Waals surface area contributed by atoms with E-state index in [1.807, 2.05) is 6.92 Å². The van der Waals surface area contributed by atoms with Gasteiger partial charge in [-0.05, 0) is 38.8 Å². The summed E-state index contributed by atoms with van der Waals surface area (Å²) in [5.41, 5.74) is 3.37. The molecule has 0 amide bonds. The maximum Gasteiger partial charge on any atom is 0.0606 e. The van der Waals surface area contributed by atoms with E-state index >= 15 is 0 Å². The highest BCUT2D eigenvalue weighted by molar-refractivity contribution is 5.48. The van der Waals surface area contributed by atoms with Crippen LogP contribution in [0.1, 0.15) is 44.5 Å². The summed E-state index contributed by atoms with van der Waals surface area (Å²) >= 11 is 0. The molecule has 2 nitrogen and oxygen atoms in total. The third kappa shape index (κ3) is 3.54. The zero-order valence-corrected chi connectivity index (χ0v) is 10.3. The number of rotatable bonds is 5. The van der Waals surface area contributed by atoms with Gasteiger partial charge in [-0.1, -0.05) is 20.3 Å². The second-order valence-corrected chi connectivity index (χ2v) is 4.12. The van der Waals surface area contributed by atoms with E-state index in [1.54, 1.807) is 0 Å². The quantitative estimate of drug-likeness (QED) is 0.794. The molecule has 0 spiro atoms. The van der Waals surface area contributed by atoms with Crippen LogP contribution in [-0.4, -0.2) is 11.0 Å². The smallest absolute Gasteiger partial charge is 0.0606 e. The highest BCUT2D eigenvalue weighted by Gasteiger charge is 2.06. The molecule has 1 aromatic heterocycles. The summed E-state index contributed by atoms with van der Waals surface area (Å²) in [6.07, 6.45) is 3.62. The molecule has 1 unspecified atom stereocenters. The van der Waals surface area contributed by atoms with E-state index in [-0.39, 0.29) is 0 Å². The Kier molecular flexibility index (Phi) is 4.60. The van der Waals surface area contributed by atoms with E-state index < -0.39 is 0 Å². The molecule has 1 rings (SSSR count). The number of hydrogen-bond donors (Lipinski definition) is 1. The number of hydrogen-bond acceptors (Lipinski definition) is 2. The van der Waals surface area contributed by atoms with Crippen LogP contribution in [0.5, 0.6) is 0 Å². The Morgan fingerprint density at radius 3 is 2.53 bits per heavy atom. The van der Waals surface area contributed by atoms with Crippen molar-refractivity contribution in [2.75, 3.05) is 5.32 Å². The van der Waals surface area contributed by atoms with E-state index in [0.29, 0.717) is 6.04 Å². The molecule has 15 heavy (non-hydrogen) atoms. The second kappa shape index (κ2) is 5.74. The van der Waals surface area contributed by atoms with E-state index in [0.717, 1.165) is 11.4 Å². The fraction of sp³-hybridized carbons (Fsp3) is 0.615. The molecular formula is C13H22N2. The summed E-state index contributed by atoms with van der Waals surface area (Å²) in [6, 6.07) is 4.78. The summed E-state index contributed by atoms with van der Waals surface area (Å²) in [7, 11) is 0. The lowest BCUT2D eigenvalue weighted by molar-refractivity contribution is 0.622. The van der Waals surface area contributed by atoms with Gasteiger partial charge in [0.05, 0.1) is 11.4 Å². The normalized spacial score (nSPS) is 12.5. The molecule has 0 saturated heterocycles. The first-order chi connectivity index (χ1) is 7.17. The molecule has 0 aliphatic rings. The van der Waals surface area contributed by atoms with E-state index in [9.17, 15) is 0 Å². The molecule has 0 aliphatic heterocycles. The van der Waals surface area contributed by atoms with Crippen LogP contribution in [0, 0.1) is 13.8 Å². The summed E-state index contributed by atoms with van der Waals surface area (Å²) < 4.78 is 0. The highest BCUT2D eigenvalue weighted by Crippen LogP contribution is 2.16. The average Bonchev–Trinajstić information content (AvgIpc) is 2.21. The van der Waals surface area contributed by atoms with Crippen molar-refractivity contribution >= 4 is 5.69 Å². The lowest BCUT2D eigenvalue weighted by Gasteiger charge is -2.18. The minimum Gasteiger partial charge on any atom is -0.381 e. The number of nitrogens with one attached hydrogen (secondary N) is 1. The maximum absolute atomic E-state index is 4.46. The molecule has 1 N–H and O–H groups in total. The fourth-order valence-corrected chi connectivity index (χ4v) is 1.79. The molecule has 0 radical (unpaired) electrons. The number of aryl methyl sites for hydroxylation is 2. The molecule has 0 fully saturated rings. The maximum atomic E-state index is 4.46. The number of nitrogens with zero attached hydrogens (tertiary/aromatic N) is 1. The molecule has 1 heterocycles. The van der Waals surface area contributed by atoms with Gasteiger partial charge in [0, 0.05) is 11.7 Å². The van der Waals surface area contributed by atoms with Crippen LogP contribution in [0.4, 0.5) is 5.69 Å². The van der Waals surface area contributed by atoms with Crippen molar-refractivity contribution in [1.29, 1.82) is 0 Å². The van der Waals surface area contributed by atoms with E-state index in [4.69, 9.17) is 0 Å². The summed E-state index contributed by atoms with van der Waals surface area (Å²) in [5, 5.41) is 3.56. The fourth-order valence-electron chi connectivity index (χ4n) is 1.79. The summed E-state index contributed by atoms with van der Waals surface area (Å²) in [4.78, 5) is 4.46. The van der Waals surface area contributed by atoms with Crippen LogP contribution < -0.4 is 5.32 Å². The van der Waals surface area contributed by atoms with Crippen LogP contribution in [-0.2, 0) is 0 Å². The molecule has 0 aliphatic carbocycles. The van der Waals surface area contributed by atoms with Gasteiger partial charge in [0.1, 0.15) is 0 Å². The Labute approximate surface area is 93.1 Å². The summed E-state index contributed by atoms with van der Waals surface area (Å²) in [6.45, 7) is 8.54. The van der Waals surface area contributed by atoms with Gasteiger partial charge in [-0.3, -0.25) is 4.98 Å². The molecule has 0 aromatic carbocycles. The average molecular weight is 206 g/mol. The van der Waals surface area contributed by atoms with Gasteiger partial charge in [-0.25, -0.2) is 0 Å². The van der Waals surface area contributed by atoms with Crippen LogP contribution in [0.15, 0.2) is 12.1 Å². The first kappa shape index (κ1) is 12.0. The van der Waals surface area contributed by atoms with Crippen LogP contribution >= 0.6 is 0 Å². The number of aromatic nitrogens is 1. The molecule has 1 atom stereocenters.